The second-order valence-corrected chi connectivity index (χ2v) is 7.43. The Morgan fingerprint density at radius 2 is 2.07 bits per heavy atom. The highest BCUT2D eigenvalue weighted by molar-refractivity contribution is 7.25. The van der Waals surface area contributed by atoms with E-state index in [1.807, 2.05) is 43.3 Å². The van der Waals surface area contributed by atoms with Gasteiger partial charge >= 0.3 is 0 Å². The molecule has 5 rings (SSSR count). The zero-order valence-electron chi connectivity index (χ0n) is 14.6. The summed E-state index contributed by atoms with van der Waals surface area (Å²) in [5.41, 5.74) is 9.47. The van der Waals surface area contributed by atoms with Gasteiger partial charge in [0.2, 0.25) is 0 Å². The fourth-order valence-corrected chi connectivity index (χ4v) is 4.31. The molecule has 0 spiro atoms. The molecular formula is C18H15N7OS. The van der Waals surface area contributed by atoms with Crippen LogP contribution in [0.15, 0.2) is 41.6 Å². The summed E-state index contributed by atoms with van der Waals surface area (Å²) < 4.78 is 2.11. The zero-order chi connectivity index (χ0) is 18.7. The summed E-state index contributed by atoms with van der Waals surface area (Å²) in [4.78, 5) is 32.1. The van der Waals surface area contributed by atoms with Crippen molar-refractivity contribution < 1.29 is 0 Å². The van der Waals surface area contributed by atoms with Crippen molar-refractivity contribution in [3.05, 3.63) is 47.1 Å². The summed E-state index contributed by atoms with van der Waals surface area (Å²) in [6, 6.07) is 7.42. The summed E-state index contributed by atoms with van der Waals surface area (Å²) >= 11 is 1.36. The number of aromatic nitrogens is 5. The number of nitrogens with two attached hydrogens (primary N) is 1. The van der Waals surface area contributed by atoms with Crippen molar-refractivity contribution in [1.82, 2.24) is 24.5 Å². The van der Waals surface area contributed by atoms with Gasteiger partial charge in [0.15, 0.2) is 5.95 Å². The zero-order valence-corrected chi connectivity index (χ0v) is 15.4. The van der Waals surface area contributed by atoms with Gasteiger partial charge < -0.3 is 15.6 Å². The lowest BCUT2D eigenvalue weighted by Crippen LogP contribution is -2.17. The van der Waals surface area contributed by atoms with E-state index >= 15 is 0 Å². The van der Waals surface area contributed by atoms with Crippen LogP contribution >= 0.6 is 11.3 Å². The first kappa shape index (κ1) is 15.8. The van der Waals surface area contributed by atoms with Crippen LogP contribution in [0.25, 0.3) is 37.2 Å². The van der Waals surface area contributed by atoms with Crippen LogP contribution in [0.3, 0.4) is 0 Å². The Kier molecular flexibility index (Phi) is 3.22. The molecule has 0 amide bonds. The van der Waals surface area contributed by atoms with E-state index in [1.54, 1.807) is 12.5 Å². The number of benzene rings is 1. The van der Waals surface area contributed by atoms with E-state index in [0.717, 1.165) is 26.9 Å². The van der Waals surface area contributed by atoms with E-state index < -0.39 is 0 Å². The minimum Gasteiger partial charge on any atom is -0.377 e. The first-order valence-electron chi connectivity index (χ1n) is 8.25. The van der Waals surface area contributed by atoms with Gasteiger partial charge in [0, 0.05) is 20.3 Å². The first-order chi connectivity index (χ1) is 13.0. The highest BCUT2D eigenvalue weighted by Gasteiger charge is 2.17. The molecule has 0 aliphatic carbocycles. The third-order valence-corrected chi connectivity index (χ3v) is 5.58. The molecule has 4 aromatic heterocycles. The number of aromatic amines is 1. The number of anilines is 2. The molecule has 4 heterocycles. The van der Waals surface area contributed by atoms with Crippen LogP contribution in [0.4, 0.5) is 11.6 Å². The summed E-state index contributed by atoms with van der Waals surface area (Å²) in [5, 5.41) is 0.906. The molecule has 9 heteroatoms. The van der Waals surface area contributed by atoms with Gasteiger partial charge in [-0.3, -0.25) is 9.36 Å². The van der Waals surface area contributed by atoms with E-state index in [1.165, 1.54) is 15.9 Å². The van der Waals surface area contributed by atoms with Crippen molar-refractivity contribution >= 4 is 54.4 Å². The van der Waals surface area contributed by atoms with Crippen LogP contribution in [0, 0.1) is 0 Å². The Morgan fingerprint density at radius 1 is 1.22 bits per heavy atom. The lowest BCUT2D eigenvalue weighted by Gasteiger charge is -2.13. The van der Waals surface area contributed by atoms with Crippen molar-refractivity contribution in [3.8, 4) is 5.69 Å². The Morgan fingerprint density at radius 3 is 2.89 bits per heavy atom. The quantitative estimate of drug-likeness (QED) is 0.490. The third kappa shape index (κ3) is 2.28. The Labute approximate surface area is 156 Å². The molecule has 0 saturated carbocycles. The van der Waals surface area contributed by atoms with E-state index in [2.05, 4.69) is 19.9 Å². The topological polar surface area (TPSA) is 106 Å². The molecule has 1 aromatic carbocycles. The minimum absolute atomic E-state index is 0.125. The maximum absolute atomic E-state index is 13.2. The van der Waals surface area contributed by atoms with Crippen LogP contribution in [0.2, 0.25) is 0 Å². The lowest BCUT2D eigenvalue weighted by atomic mass is 10.2. The monoisotopic (exact) mass is 377 g/mol. The molecule has 27 heavy (non-hydrogen) atoms. The number of hydrogen-bond acceptors (Lipinski definition) is 7. The molecule has 8 nitrogen and oxygen atoms in total. The van der Waals surface area contributed by atoms with E-state index in [9.17, 15) is 4.79 Å². The van der Waals surface area contributed by atoms with Crippen molar-refractivity contribution in [2.75, 3.05) is 24.7 Å². The molecule has 0 aliphatic rings. The molecular weight excluding hydrogens is 362 g/mol. The number of nitrogens with zero attached hydrogens (tertiary/aromatic N) is 5. The van der Waals surface area contributed by atoms with Crippen LogP contribution < -0.4 is 16.2 Å². The van der Waals surface area contributed by atoms with Crippen molar-refractivity contribution in [3.63, 3.8) is 0 Å². The number of H-pyrrole nitrogens is 1. The van der Waals surface area contributed by atoms with Crippen LogP contribution in [-0.2, 0) is 0 Å². The maximum Gasteiger partial charge on any atom is 0.275 e. The minimum atomic E-state index is -0.125. The van der Waals surface area contributed by atoms with Crippen molar-refractivity contribution in [2.45, 2.75) is 0 Å². The second-order valence-electron chi connectivity index (χ2n) is 6.43. The number of hydrogen-bond donors (Lipinski definition) is 2. The first-order valence-corrected chi connectivity index (χ1v) is 9.06. The van der Waals surface area contributed by atoms with E-state index in [-0.39, 0.29) is 5.56 Å². The van der Waals surface area contributed by atoms with Crippen LogP contribution in [-0.4, -0.2) is 38.6 Å². The SMILES string of the molecule is CN(C)c1ccnc2sc3c(=O)n(-c4ccc5nc(N)[nH]c5c4)cnc3c12. The van der Waals surface area contributed by atoms with Crippen molar-refractivity contribution in [1.29, 1.82) is 0 Å². The number of thiophene rings is 1. The molecule has 0 bridgehead atoms. The van der Waals surface area contributed by atoms with Crippen molar-refractivity contribution in [2.24, 2.45) is 0 Å². The Bertz CT molecular complexity index is 1400. The van der Waals surface area contributed by atoms with Gasteiger partial charge in [0.1, 0.15) is 15.9 Å². The predicted octanol–water partition coefficient (Wildman–Crippen LogP) is 2.52. The average molecular weight is 377 g/mol. The molecule has 134 valence electrons. The second kappa shape index (κ2) is 5.52. The molecule has 0 fully saturated rings. The summed E-state index contributed by atoms with van der Waals surface area (Å²) in [5.74, 6) is 0.342. The van der Waals surface area contributed by atoms with Crippen LogP contribution in [0.1, 0.15) is 0 Å². The number of fused-ring (bicyclic) bond motifs is 4. The average Bonchev–Trinajstić information content (AvgIpc) is 3.21. The van der Waals surface area contributed by atoms with Gasteiger partial charge in [0.25, 0.3) is 5.56 Å². The summed E-state index contributed by atoms with van der Waals surface area (Å²) in [6.07, 6.45) is 3.31. The largest absolute Gasteiger partial charge is 0.377 e. The highest BCUT2D eigenvalue weighted by Crippen LogP contribution is 2.35. The Hall–Kier alpha value is -3.46. The number of rotatable bonds is 2. The summed E-state index contributed by atoms with van der Waals surface area (Å²) in [7, 11) is 3.93. The summed E-state index contributed by atoms with van der Waals surface area (Å²) in [6.45, 7) is 0. The third-order valence-electron chi connectivity index (χ3n) is 4.50. The van der Waals surface area contributed by atoms with E-state index in [4.69, 9.17) is 5.73 Å². The van der Waals surface area contributed by atoms with Gasteiger partial charge in [-0.2, -0.15) is 0 Å². The maximum atomic E-state index is 13.2. The molecule has 0 radical (unpaired) electrons. The highest BCUT2D eigenvalue weighted by atomic mass is 32.1. The van der Waals surface area contributed by atoms with E-state index in [0.29, 0.717) is 21.9 Å². The van der Waals surface area contributed by atoms with Gasteiger partial charge in [-0.05, 0) is 24.3 Å². The predicted molar refractivity (Wildman–Crippen MR) is 109 cm³/mol. The fourth-order valence-electron chi connectivity index (χ4n) is 3.26. The molecule has 0 unspecified atom stereocenters. The smallest absolute Gasteiger partial charge is 0.275 e. The number of nitrogens with one attached hydrogen (secondary N) is 1. The lowest BCUT2D eigenvalue weighted by molar-refractivity contribution is 0.969. The van der Waals surface area contributed by atoms with Gasteiger partial charge in [-0.25, -0.2) is 15.0 Å². The standard InChI is InChI=1S/C18H15N7OS/c1-24(2)12-5-6-20-16-13(12)14-15(27-16)17(26)25(8-21-14)9-3-4-10-11(7-9)23-18(19)22-10/h3-8H,1-2H3,(H3,19,22,23). The van der Waals surface area contributed by atoms with Crippen LogP contribution in [0.5, 0.6) is 0 Å². The number of pyridine rings is 1. The number of imidazole rings is 1. The fraction of sp³-hybridized carbons (Fsp3) is 0.111. The molecule has 5 aromatic rings. The van der Waals surface area contributed by atoms with Gasteiger partial charge in [-0.15, -0.1) is 11.3 Å². The molecule has 3 N–H and O–H groups in total. The molecule has 0 aliphatic heterocycles. The Balaban J connectivity index is 1.79. The van der Waals surface area contributed by atoms with Gasteiger partial charge in [-0.1, -0.05) is 0 Å². The molecule has 0 atom stereocenters. The molecule has 0 saturated heterocycles. The van der Waals surface area contributed by atoms with Gasteiger partial charge in [0.05, 0.1) is 33.3 Å². The normalized spacial score (nSPS) is 11.6. The number of nitrogen functional groups attached to an aromatic ring is 1.